The third-order valence-corrected chi connectivity index (χ3v) is 2.85. The Balaban J connectivity index is 2.00. The minimum Gasteiger partial charge on any atom is -0.465 e. The Labute approximate surface area is 99.2 Å². The van der Waals surface area contributed by atoms with E-state index >= 15 is 0 Å². The lowest BCUT2D eigenvalue weighted by Crippen LogP contribution is -2.33. The molecule has 5 heteroatoms. The van der Waals surface area contributed by atoms with E-state index in [1.807, 2.05) is 0 Å². The number of pyridine rings is 1. The Morgan fingerprint density at radius 1 is 1.59 bits per heavy atom. The molecule has 1 fully saturated rings. The van der Waals surface area contributed by atoms with Gasteiger partial charge >= 0.3 is 5.97 Å². The number of nitrogens with zero attached hydrogens (tertiary/aromatic N) is 1. The van der Waals surface area contributed by atoms with Gasteiger partial charge in [0.1, 0.15) is 11.9 Å². The van der Waals surface area contributed by atoms with Crippen molar-refractivity contribution in [2.75, 3.05) is 6.61 Å². The summed E-state index contributed by atoms with van der Waals surface area (Å²) in [6.07, 6.45) is 4.28. The Bertz CT molecular complexity index is 411. The predicted molar refractivity (Wildman–Crippen MR) is 59.7 cm³/mol. The van der Waals surface area contributed by atoms with Gasteiger partial charge in [0, 0.05) is 12.2 Å². The van der Waals surface area contributed by atoms with Crippen molar-refractivity contribution in [3.8, 4) is 0 Å². The molecule has 0 saturated carbocycles. The lowest BCUT2D eigenvalue weighted by Gasteiger charge is -2.13. The number of ether oxygens (including phenoxy) is 1. The summed E-state index contributed by atoms with van der Waals surface area (Å²) in [6.45, 7) is 2.16. The summed E-state index contributed by atoms with van der Waals surface area (Å²) in [5, 5.41) is 3.14. The molecule has 1 saturated heterocycles. The van der Waals surface area contributed by atoms with Gasteiger partial charge in [-0.3, -0.25) is 15.1 Å². The molecule has 0 amide bonds. The lowest BCUT2D eigenvalue weighted by atomic mass is 10.1. The lowest BCUT2D eigenvalue weighted by molar-refractivity contribution is -0.145. The molecule has 2 rings (SSSR count). The highest BCUT2D eigenvalue weighted by molar-refractivity contribution is 5.76. The monoisotopic (exact) mass is 238 g/mol. The molecule has 1 aromatic rings. The summed E-state index contributed by atoms with van der Waals surface area (Å²) in [6, 6.07) is 1.13. The Kier molecular flexibility index (Phi) is 3.68. The molecule has 1 aromatic heterocycles. The summed E-state index contributed by atoms with van der Waals surface area (Å²) < 4.78 is 18.0. The first kappa shape index (κ1) is 12.0. The minimum absolute atomic E-state index is 0.0207. The first-order chi connectivity index (χ1) is 8.20. The fraction of sp³-hybridized carbons (Fsp3) is 0.500. The van der Waals surface area contributed by atoms with Crippen molar-refractivity contribution in [2.45, 2.75) is 31.8 Å². The molecule has 1 aliphatic heterocycles. The summed E-state index contributed by atoms with van der Waals surface area (Å²) in [7, 11) is 0. The standard InChI is InChI=1S/C12H15FN2O2/c1-2-17-12(16)11-4-3-10(15-11)8-5-9(13)7-14-6-8/h5-7,10-11,15H,2-4H2,1H3/t10-,11+/m1/s1. The Morgan fingerprint density at radius 2 is 2.41 bits per heavy atom. The third-order valence-electron chi connectivity index (χ3n) is 2.85. The third kappa shape index (κ3) is 2.79. The maximum Gasteiger partial charge on any atom is 0.323 e. The van der Waals surface area contributed by atoms with E-state index in [1.54, 1.807) is 13.1 Å². The van der Waals surface area contributed by atoms with E-state index < -0.39 is 0 Å². The van der Waals surface area contributed by atoms with Crippen molar-refractivity contribution in [3.63, 3.8) is 0 Å². The number of halogens is 1. The molecule has 17 heavy (non-hydrogen) atoms. The number of aromatic nitrogens is 1. The molecular weight excluding hydrogens is 223 g/mol. The molecule has 0 spiro atoms. The summed E-state index contributed by atoms with van der Waals surface area (Å²) in [4.78, 5) is 15.3. The van der Waals surface area contributed by atoms with Crippen molar-refractivity contribution >= 4 is 5.97 Å². The van der Waals surface area contributed by atoms with Gasteiger partial charge in [-0.25, -0.2) is 4.39 Å². The average molecular weight is 238 g/mol. The van der Waals surface area contributed by atoms with Crippen LogP contribution in [0.4, 0.5) is 4.39 Å². The Hall–Kier alpha value is -1.49. The van der Waals surface area contributed by atoms with E-state index in [1.165, 1.54) is 12.3 Å². The topological polar surface area (TPSA) is 51.2 Å². The number of carbonyl (C=O) groups is 1. The van der Waals surface area contributed by atoms with E-state index in [2.05, 4.69) is 10.3 Å². The molecule has 0 unspecified atom stereocenters. The molecule has 0 radical (unpaired) electrons. The number of esters is 1. The van der Waals surface area contributed by atoms with Crippen LogP contribution >= 0.6 is 0 Å². The second kappa shape index (κ2) is 5.23. The number of hydrogen-bond donors (Lipinski definition) is 1. The highest BCUT2D eigenvalue weighted by Crippen LogP contribution is 2.26. The SMILES string of the molecule is CCOC(=O)[C@@H]1CC[C@H](c2cncc(F)c2)N1. The average Bonchev–Trinajstić information content (AvgIpc) is 2.78. The molecule has 92 valence electrons. The normalized spacial score (nSPS) is 23.6. The zero-order valence-corrected chi connectivity index (χ0v) is 9.65. The van der Waals surface area contributed by atoms with Crippen LogP contribution in [0.5, 0.6) is 0 Å². The van der Waals surface area contributed by atoms with Crippen molar-refractivity contribution in [1.29, 1.82) is 0 Å². The van der Waals surface area contributed by atoms with Gasteiger partial charge in [0.05, 0.1) is 12.8 Å². The predicted octanol–water partition coefficient (Wildman–Crippen LogP) is 1.58. The highest BCUT2D eigenvalue weighted by Gasteiger charge is 2.30. The number of hydrogen-bond acceptors (Lipinski definition) is 4. The van der Waals surface area contributed by atoms with Crippen LogP contribution in [0.25, 0.3) is 0 Å². The molecule has 4 nitrogen and oxygen atoms in total. The van der Waals surface area contributed by atoms with Crippen LogP contribution in [-0.2, 0) is 9.53 Å². The number of nitrogens with one attached hydrogen (secondary N) is 1. The van der Waals surface area contributed by atoms with E-state index in [4.69, 9.17) is 4.74 Å². The molecule has 2 atom stereocenters. The van der Waals surface area contributed by atoms with Crippen LogP contribution in [0.3, 0.4) is 0 Å². The van der Waals surface area contributed by atoms with E-state index in [9.17, 15) is 9.18 Å². The summed E-state index contributed by atoms with van der Waals surface area (Å²) in [5.41, 5.74) is 0.775. The van der Waals surface area contributed by atoms with Gasteiger partial charge in [-0.15, -0.1) is 0 Å². The van der Waals surface area contributed by atoms with Gasteiger partial charge in [-0.2, -0.15) is 0 Å². The number of rotatable bonds is 3. The maximum atomic E-state index is 13.0. The van der Waals surface area contributed by atoms with Crippen LogP contribution in [0.1, 0.15) is 31.4 Å². The fourth-order valence-corrected chi connectivity index (χ4v) is 2.05. The molecule has 0 aromatic carbocycles. The van der Waals surface area contributed by atoms with Crippen LogP contribution in [0, 0.1) is 5.82 Å². The second-order valence-corrected chi connectivity index (χ2v) is 4.04. The summed E-state index contributed by atoms with van der Waals surface area (Å²) >= 11 is 0. The largest absolute Gasteiger partial charge is 0.465 e. The highest BCUT2D eigenvalue weighted by atomic mass is 19.1. The van der Waals surface area contributed by atoms with Gasteiger partial charge in [-0.05, 0) is 31.4 Å². The van der Waals surface area contributed by atoms with Gasteiger partial charge in [0.25, 0.3) is 0 Å². The molecular formula is C12H15FN2O2. The van der Waals surface area contributed by atoms with Crippen molar-refractivity contribution < 1.29 is 13.9 Å². The zero-order chi connectivity index (χ0) is 12.3. The van der Waals surface area contributed by atoms with E-state index in [0.29, 0.717) is 13.0 Å². The van der Waals surface area contributed by atoms with Gasteiger partial charge < -0.3 is 4.74 Å². The van der Waals surface area contributed by atoms with Crippen LogP contribution < -0.4 is 5.32 Å². The number of carbonyl (C=O) groups excluding carboxylic acids is 1. The molecule has 0 aliphatic carbocycles. The maximum absolute atomic E-state index is 13.0. The molecule has 0 bridgehead atoms. The molecule has 2 heterocycles. The molecule has 1 aliphatic rings. The van der Waals surface area contributed by atoms with Crippen LogP contribution in [0.2, 0.25) is 0 Å². The summed E-state index contributed by atoms with van der Waals surface area (Å²) in [5.74, 6) is -0.594. The van der Waals surface area contributed by atoms with Gasteiger partial charge in [-0.1, -0.05) is 0 Å². The zero-order valence-electron chi connectivity index (χ0n) is 9.65. The first-order valence-corrected chi connectivity index (χ1v) is 5.74. The first-order valence-electron chi connectivity index (χ1n) is 5.74. The fourth-order valence-electron chi connectivity index (χ4n) is 2.05. The quantitative estimate of drug-likeness (QED) is 0.812. The van der Waals surface area contributed by atoms with E-state index in [-0.39, 0.29) is 23.9 Å². The van der Waals surface area contributed by atoms with Gasteiger partial charge in [0.15, 0.2) is 0 Å². The Morgan fingerprint density at radius 3 is 3.12 bits per heavy atom. The second-order valence-electron chi connectivity index (χ2n) is 4.04. The van der Waals surface area contributed by atoms with Crippen LogP contribution in [-0.4, -0.2) is 23.6 Å². The van der Waals surface area contributed by atoms with Gasteiger partial charge in [0.2, 0.25) is 0 Å². The minimum atomic E-state index is -0.358. The van der Waals surface area contributed by atoms with E-state index in [0.717, 1.165) is 12.0 Å². The molecule has 1 N–H and O–H groups in total. The van der Waals surface area contributed by atoms with Crippen LogP contribution in [0.15, 0.2) is 18.5 Å². The van der Waals surface area contributed by atoms with Crippen molar-refractivity contribution in [1.82, 2.24) is 10.3 Å². The van der Waals surface area contributed by atoms with Crippen molar-refractivity contribution in [2.24, 2.45) is 0 Å². The van der Waals surface area contributed by atoms with Crippen molar-refractivity contribution in [3.05, 3.63) is 29.8 Å². The smallest absolute Gasteiger partial charge is 0.323 e.